The van der Waals surface area contributed by atoms with Gasteiger partial charge in [-0.1, -0.05) is 18.2 Å². The van der Waals surface area contributed by atoms with E-state index in [-0.39, 0.29) is 29.8 Å². The van der Waals surface area contributed by atoms with Crippen LogP contribution in [0.5, 0.6) is 11.5 Å². The summed E-state index contributed by atoms with van der Waals surface area (Å²) in [5.41, 5.74) is 1.36. The lowest BCUT2D eigenvalue weighted by Crippen LogP contribution is -2.58. The largest absolute Gasteiger partial charge is 0.508 e. The molecule has 1 fully saturated rings. The monoisotopic (exact) mass is 325 g/mol. The standard InChI is InChI=1S/C18H19N3O3/c1-18(10-16(24)21(2)17(19)20-18)12-5-3-4-11(8-12)14-9-13(22)6-7-15(14)23/h3-9,22-23H,10H2,1-2H3,(H2,19,20)/t18-/m0/s1. The second-order valence-electron chi connectivity index (χ2n) is 6.22. The number of guanidine groups is 1. The van der Waals surface area contributed by atoms with E-state index in [1.165, 1.54) is 23.1 Å². The molecule has 0 saturated carbocycles. The number of hydrogen-bond acceptors (Lipinski definition) is 4. The first-order chi connectivity index (χ1) is 11.3. The SMILES string of the molecule is CN1C(=N)N[C@](C)(c2cccc(-c3cc(O)ccc3O)c2)CC1=O. The van der Waals surface area contributed by atoms with E-state index in [0.29, 0.717) is 5.56 Å². The second-order valence-corrected chi connectivity index (χ2v) is 6.22. The van der Waals surface area contributed by atoms with Crippen molar-refractivity contribution in [1.82, 2.24) is 10.2 Å². The average molecular weight is 325 g/mol. The number of phenols is 2. The van der Waals surface area contributed by atoms with Crippen molar-refractivity contribution < 1.29 is 15.0 Å². The molecule has 1 heterocycles. The van der Waals surface area contributed by atoms with E-state index < -0.39 is 5.54 Å². The molecule has 0 unspecified atom stereocenters. The van der Waals surface area contributed by atoms with E-state index in [0.717, 1.165) is 11.1 Å². The Morgan fingerprint density at radius 3 is 2.67 bits per heavy atom. The van der Waals surface area contributed by atoms with E-state index >= 15 is 0 Å². The third-order valence-corrected chi connectivity index (χ3v) is 4.40. The molecule has 2 aromatic rings. The number of carbonyl (C=O) groups is 1. The molecule has 0 aromatic heterocycles. The van der Waals surface area contributed by atoms with Gasteiger partial charge in [0.2, 0.25) is 5.91 Å². The summed E-state index contributed by atoms with van der Waals surface area (Å²) in [4.78, 5) is 13.4. The smallest absolute Gasteiger partial charge is 0.231 e. The Bertz CT molecular complexity index is 814. The van der Waals surface area contributed by atoms with Crippen LogP contribution >= 0.6 is 0 Å². The lowest BCUT2D eigenvalue weighted by atomic mass is 9.85. The number of benzene rings is 2. The molecule has 6 heteroatoms. The van der Waals surface area contributed by atoms with Gasteiger partial charge in [-0.25, -0.2) is 0 Å². The molecule has 0 bridgehead atoms. The van der Waals surface area contributed by atoms with Crippen LogP contribution in [0.25, 0.3) is 11.1 Å². The number of carbonyl (C=O) groups excluding carboxylic acids is 1. The predicted molar refractivity (Wildman–Crippen MR) is 90.8 cm³/mol. The fourth-order valence-corrected chi connectivity index (χ4v) is 2.89. The van der Waals surface area contributed by atoms with Crippen molar-refractivity contribution in [2.24, 2.45) is 0 Å². The summed E-state index contributed by atoms with van der Waals surface area (Å²) in [5.74, 6) is 0.0512. The van der Waals surface area contributed by atoms with Gasteiger partial charge < -0.3 is 15.5 Å². The van der Waals surface area contributed by atoms with Crippen molar-refractivity contribution >= 4 is 11.9 Å². The van der Waals surface area contributed by atoms with Crippen LogP contribution in [0.3, 0.4) is 0 Å². The Labute approximate surface area is 139 Å². The van der Waals surface area contributed by atoms with Gasteiger partial charge in [-0.2, -0.15) is 0 Å². The minimum Gasteiger partial charge on any atom is -0.508 e. The zero-order valence-corrected chi connectivity index (χ0v) is 13.5. The molecule has 124 valence electrons. The number of nitrogens with zero attached hydrogens (tertiary/aromatic N) is 1. The quantitative estimate of drug-likeness (QED) is 0.637. The highest BCUT2D eigenvalue weighted by molar-refractivity contribution is 5.99. The highest BCUT2D eigenvalue weighted by atomic mass is 16.3. The van der Waals surface area contributed by atoms with E-state index in [1.807, 2.05) is 31.2 Å². The van der Waals surface area contributed by atoms with Crippen LogP contribution in [-0.2, 0) is 10.3 Å². The fourth-order valence-electron chi connectivity index (χ4n) is 2.89. The molecule has 24 heavy (non-hydrogen) atoms. The first kappa shape index (κ1) is 15.9. The van der Waals surface area contributed by atoms with Crippen LogP contribution in [0.2, 0.25) is 0 Å². The Balaban J connectivity index is 2.03. The van der Waals surface area contributed by atoms with Crippen LogP contribution in [0.4, 0.5) is 0 Å². The third-order valence-electron chi connectivity index (χ3n) is 4.40. The van der Waals surface area contributed by atoms with Gasteiger partial charge >= 0.3 is 0 Å². The maximum Gasteiger partial charge on any atom is 0.231 e. The van der Waals surface area contributed by atoms with E-state index in [9.17, 15) is 15.0 Å². The number of amides is 1. The lowest BCUT2D eigenvalue weighted by Gasteiger charge is -2.39. The Kier molecular flexibility index (Phi) is 3.67. The maximum absolute atomic E-state index is 12.1. The molecule has 0 aliphatic carbocycles. The van der Waals surface area contributed by atoms with Crippen LogP contribution in [-0.4, -0.2) is 34.0 Å². The van der Waals surface area contributed by atoms with Gasteiger partial charge in [0.15, 0.2) is 5.96 Å². The summed E-state index contributed by atoms with van der Waals surface area (Å²) in [5, 5.41) is 30.7. The van der Waals surface area contributed by atoms with Crippen molar-refractivity contribution in [3.63, 3.8) is 0 Å². The zero-order valence-electron chi connectivity index (χ0n) is 13.5. The summed E-state index contributed by atoms with van der Waals surface area (Å²) in [6.45, 7) is 1.87. The molecular formula is C18H19N3O3. The molecule has 1 aliphatic heterocycles. The molecule has 1 amide bonds. The molecule has 4 N–H and O–H groups in total. The summed E-state index contributed by atoms with van der Waals surface area (Å²) in [6.07, 6.45) is 0.224. The van der Waals surface area contributed by atoms with Crippen molar-refractivity contribution in [3.8, 4) is 22.6 Å². The summed E-state index contributed by atoms with van der Waals surface area (Å²) >= 11 is 0. The number of phenolic OH excluding ortho intramolecular Hbond substituents is 2. The summed E-state index contributed by atoms with van der Waals surface area (Å²) in [6, 6.07) is 11.7. The number of nitrogens with one attached hydrogen (secondary N) is 2. The predicted octanol–water partition coefficient (Wildman–Crippen LogP) is 2.37. The van der Waals surface area contributed by atoms with Gasteiger partial charge in [-0.15, -0.1) is 0 Å². The highest BCUT2D eigenvalue weighted by Gasteiger charge is 2.37. The third kappa shape index (κ3) is 2.67. The minimum atomic E-state index is -0.705. The molecule has 2 aromatic carbocycles. The second kappa shape index (κ2) is 5.56. The van der Waals surface area contributed by atoms with Gasteiger partial charge in [0, 0.05) is 12.6 Å². The molecular weight excluding hydrogens is 306 g/mol. The first-order valence-corrected chi connectivity index (χ1v) is 7.56. The average Bonchev–Trinajstić information content (AvgIpc) is 2.55. The molecule has 6 nitrogen and oxygen atoms in total. The van der Waals surface area contributed by atoms with Gasteiger partial charge in [0.1, 0.15) is 11.5 Å². The zero-order chi connectivity index (χ0) is 17.5. The van der Waals surface area contributed by atoms with Gasteiger partial charge in [0.05, 0.1) is 12.0 Å². The van der Waals surface area contributed by atoms with Gasteiger partial charge in [-0.05, 0) is 42.3 Å². The van der Waals surface area contributed by atoms with Crippen molar-refractivity contribution in [2.75, 3.05) is 7.05 Å². The summed E-state index contributed by atoms with van der Waals surface area (Å²) < 4.78 is 0. The van der Waals surface area contributed by atoms with Crippen LogP contribution < -0.4 is 5.32 Å². The molecule has 1 aliphatic rings. The summed E-state index contributed by atoms with van der Waals surface area (Å²) in [7, 11) is 1.57. The van der Waals surface area contributed by atoms with E-state index in [4.69, 9.17) is 5.41 Å². The Morgan fingerprint density at radius 2 is 1.96 bits per heavy atom. The van der Waals surface area contributed by atoms with Gasteiger partial charge in [0.25, 0.3) is 0 Å². The first-order valence-electron chi connectivity index (χ1n) is 7.56. The number of rotatable bonds is 2. The molecule has 3 rings (SSSR count). The molecule has 1 saturated heterocycles. The van der Waals surface area contributed by atoms with E-state index in [1.54, 1.807) is 7.05 Å². The Morgan fingerprint density at radius 1 is 1.21 bits per heavy atom. The maximum atomic E-state index is 12.1. The topological polar surface area (TPSA) is 96.7 Å². The lowest BCUT2D eigenvalue weighted by molar-refractivity contribution is -0.129. The van der Waals surface area contributed by atoms with E-state index in [2.05, 4.69) is 5.32 Å². The number of hydrogen-bond donors (Lipinski definition) is 4. The van der Waals surface area contributed by atoms with Crippen LogP contribution in [0.1, 0.15) is 18.9 Å². The van der Waals surface area contributed by atoms with Crippen molar-refractivity contribution in [1.29, 1.82) is 5.41 Å². The molecule has 0 spiro atoms. The number of aromatic hydroxyl groups is 2. The van der Waals surface area contributed by atoms with Crippen molar-refractivity contribution in [3.05, 3.63) is 48.0 Å². The molecule has 1 atom stereocenters. The highest BCUT2D eigenvalue weighted by Crippen LogP contribution is 2.35. The minimum absolute atomic E-state index is 0.0550. The van der Waals surface area contributed by atoms with Crippen LogP contribution in [0.15, 0.2) is 42.5 Å². The van der Waals surface area contributed by atoms with Gasteiger partial charge in [-0.3, -0.25) is 15.1 Å². The normalized spacial score (nSPS) is 20.8. The van der Waals surface area contributed by atoms with Crippen LogP contribution in [0, 0.1) is 5.41 Å². The fraction of sp³-hybridized carbons (Fsp3) is 0.222. The van der Waals surface area contributed by atoms with Crippen molar-refractivity contribution in [2.45, 2.75) is 18.9 Å². The molecule has 0 radical (unpaired) electrons. The Hall–Kier alpha value is -3.02.